The predicted molar refractivity (Wildman–Crippen MR) is 53.8 cm³/mol. The molecule has 0 saturated heterocycles. The van der Waals surface area contributed by atoms with Crippen LogP contribution in [0.4, 0.5) is 4.39 Å². The number of aliphatic carboxylic acids is 1. The number of carboxylic acids is 1. The quantitative estimate of drug-likeness (QED) is 0.782. The van der Waals surface area contributed by atoms with Gasteiger partial charge in [0.25, 0.3) is 5.91 Å². The molecule has 1 aromatic heterocycles. The second-order valence-corrected chi connectivity index (χ2v) is 3.38. The minimum Gasteiger partial charge on any atom is -0.480 e. The van der Waals surface area contributed by atoms with Gasteiger partial charge in [-0.1, -0.05) is 11.6 Å². The molecule has 1 rings (SSSR count). The summed E-state index contributed by atoms with van der Waals surface area (Å²) in [5.41, 5.74) is -0.199. The van der Waals surface area contributed by atoms with E-state index in [0.717, 1.165) is 12.3 Å². The minimum atomic E-state index is -1.20. The Kier molecular flexibility index (Phi) is 3.78. The number of halogens is 2. The third-order valence-electron chi connectivity index (χ3n) is 1.77. The van der Waals surface area contributed by atoms with Crippen LogP contribution < -0.4 is 5.32 Å². The zero-order chi connectivity index (χ0) is 12.3. The molecule has 0 bridgehead atoms. The van der Waals surface area contributed by atoms with Crippen molar-refractivity contribution in [2.45, 2.75) is 13.0 Å². The number of aromatic nitrogens is 1. The molecule has 0 aromatic carbocycles. The molecule has 0 aliphatic heterocycles. The number of hydrogen-bond acceptors (Lipinski definition) is 3. The number of amides is 1. The van der Waals surface area contributed by atoms with Crippen molar-refractivity contribution in [2.24, 2.45) is 0 Å². The molecule has 1 amide bonds. The van der Waals surface area contributed by atoms with E-state index < -0.39 is 23.7 Å². The second-order valence-electron chi connectivity index (χ2n) is 3.03. The molecule has 1 atom stereocenters. The standard InChI is InChI=1S/C9H8ClFN2O3/c1-4(9(15)16)13-8(14)6-2-5(11)3-12-7(6)10/h2-4H,1H3,(H,13,14)(H,15,16)/t4-/m1/s1. The Morgan fingerprint density at radius 2 is 2.25 bits per heavy atom. The van der Waals surface area contributed by atoms with E-state index in [1.807, 2.05) is 0 Å². The SMILES string of the molecule is C[C@@H](NC(=O)c1cc(F)cnc1Cl)C(=O)O. The Bertz CT molecular complexity index is 439. The fraction of sp³-hybridized carbons (Fsp3) is 0.222. The molecule has 0 aliphatic rings. The summed E-state index contributed by atoms with van der Waals surface area (Å²) in [6.07, 6.45) is 0.861. The summed E-state index contributed by atoms with van der Waals surface area (Å²) in [6, 6.07) is -0.203. The van der Waals surface area contributed by atoms with Crippen LogP contribution in [0.25, 0.3) is 0 Å². The van der Waals surface area contributed by atoms with Gasteiger partial charge in [0.05, 0.1) is 11.8 Å². The molecule has 1 aromatic rings. The average Bonchev–Trinajstić information content (AvgIpc) is 2.21. The molecule has 0 spiro atoms. The summed E-state index contributed by atoms with van der Waals surface area (Å²) in [5, 5.41) is 10.5. The van der Waals surface area contributed by atoms with Crippen LogP contribution in [0.3, 0.4) is 0 Å². The van der Waals surface area contributed by atoms with Crippen LogP contribution in [-0.4, -0.2) is 28.0 Å². The summed E-state index contributed by atoms with van der Waals surface area (Å²) < 4.78 is 12.8. The van der Waals surface area contributed by atoms with Crippen molar-refractivity contribution in [1.29, 1.82) is 0 Å². The van der Waals surface area contributed by atoms with Gasteiger partial charge in [0.15, 0.2) is 0 Å². The molecule has 86 valence electrons. The fourth-order valence-electron chi connectivity index (χ4n) is 0.918. The predicted octanol–water partition coefficient (Wildman–Crippen LogP) is 1.08. The summed E-state index contributed by atoms with van der Waals surface area (Å²) in [7, 11) is 0. The van der Waals surface area contributed by atoms with Crippen LogP contribution >= 0.6 is 11.6 Å². The van der Waals surface area contributed by atoms with Crippen molar-refractivity contribution < 1.29 is 19.1 Å². The van der Waals surface area contributed by atoms with Gasteiger partial charge in [-0.2, -0.15) is 0 Å². The number of rotatable bonds is 3. The fourth-order valence-corrected chi connectivity index (χ4v) is 1.11. The average molecular weight is 247 g/mol. The van der Waals surface area contributed by atoms with Gasteiger partial charge in [-0.3, -0.25) is 9.59 Å². The molecule has 0 aliphatic carbocycles. The van der Waals surface area contributed by atoms with Gasteiger partial charge in [0.2, 0.25) is 0 Å². The molecule has 1 heterocycles. The minimum absolute atomic E-state index is 0.184. The Hall–Kier alpha value is -1.69. The monoisotopic (exact) mass is 246 g/mol. The van der Waals surface area contributed by atoms with Crippen LogP contribution in [0.2, 0.25) is 5.15 Å². The zero-order valence-corrected chi connectivity index (χ0v) is 8.95. The molecule has 0 saturated carbocycles. The first kappa shape index (κ1) is 12.4. The lowest BCUT2D eigenvalue weighted by Crippen LogP contribution is -2.38. The third-order valence-corrected chi connectivity index (χ3v) is 2.07. The highest BCUT2D eigenvalue weighted by Gasteiger charge is 2.18. The molecular formula is C9H8ClFN2O3. The Morgan fingerprint density at radius 1 is 1.62 bits per heavy atom. The van der Waals surface area contributed by atoms with Crippen LogP contribution in [-0.2, 0) is 4.79 Å². The summed E-state index contributed by atoms with van der Waals surface area (Å²) in [4.78, 5) is 25.4. The third kappa shape index (κ3) is 2.90. The Labute approximate surface area is 95.2 Å². The van der Waals surface area contributed by atoms with Gasteiger partial charge >= 0.3 is 5.97 Å². The van der Waals surface area contributed by atoms with E-state index in [4.69, 9.17) is 16.7 Å². The first-order valence-electron chi connectivity index (χ1n) is 4.26. The second kappa shape index (κ2) is 4.89. The summed E-state index contributed by atoms with van der Waals surface area (Å²) >= 11 is 5.57. The van der Waals surface area contributed by atoms with Crippen molar-refractivity contribution in [3.63, 3.8) is 0 Å². The number of pyridine rings is 1. The van der Waals surface area contributed by atoms with E-state index in [1.54, 1.807) is 0 Å². The molecule has 5 nitrogen and oxygen atoms in total. The largest absolute Gasteiger partial charge is 0.480 e. The van der Waals surface area contributed by atoms with Gasteiger partial charge in [-0.05, 0) is 13.0 Å². The van der Waals surface area contributed by atoms with Crippen LogP contribution in [0.15, 0.2) is 12.3 Å². The zero-order valence-electron chi connectivity index (χ0n) is 8.20. The van der Waals surface area contributed by atoms with Crippen LogP contribution in [0.5, 0.6) is 0 Å². The van der Waals surface area contributed by atoms with E-state index in [1.165, 1.54) is 6.92 Å². The highest BCUT2D eigenvalue weighted by molar-refractivity contribution is 6.32. The molecular weight excluding hydrogens is 239 g/mol. The Balaban J connectivity index is 2.88. The molecule has 7 heteroatoms. The van der Waals surface area contributed by atoms with Crippen molar-refractivity contribution in [2.75, 3.05) is 0 Å². The van der Waals surface area contributed by atoms with E-state index in [-0.39, 0.29) is 10.7 Å². The maximum atomic E-state index is 12.8. The van der Waals surface area contributed by atoms with E-state index in [2.05, 4.69) is 10.3 Å². The maximum Gasteiger partial charge on any atom is 0.325 e. The van der Waals surface area contributed by atoms with Gasteiger partial charge < -0.3 is 10.4 Å². The molecule has 16 heavy (non-hydrogen) atoms. The highest BCUT2D eigenvalue weighted by atomic mass is 35.5. The number of hydrogen-bond donors (Lipinski definition) is 2. The number of carbonyl (C=O) groups excluding carboxylic acids is 1. The lowest BCUT2D eigenvalue weighted by molar-refractivity contribution is -0.138. The Morgan fingerprint density at radius 3 is 2.81 bits per heavy atom. The van der Waals surface area contributed by atoms with Gasteiger partial charge in [-0.15, -0.1) is 0 Å². The van der Waals surface area contributed by atoms with Crippen LogP contribution in [0, 0.1) is 5.82 Å². The lowest BCUT2D eigenvalue weighted by atomic mass is 10.2. The first-order chi connectivity index (χ1) is 7.41. The first-order valence-corrected chi connectivity index (χ1v) is 4.64. The number of carboxylic acid groups (broad SMARTS) is 1. The number of carbonyl (C=O) groups is 2. The van der Waals surface area contributed by atoms with Gasteiger partial charge in [0, 0.05) is 0 Å². The molecule has 2 N–H and O–H groups in total. The molecule has 0 radical (unpaired) electrons. The number of nitrogens with one attached hydrogen (secondary N) is 1. The van der Waals surface area contributed by atoms with Crippen molar-refractivity contribution >= 4 is 23.5 Å². The van der Waals surface area contributed by atoms with E-state index in [9.17, 15) is 14.0 Å². The topological polar surface area (TPSA) is 79.3 Å². The lowest BCUT2D eigenvalue weighted by Gasteiger charge is -2.09. The smallest absolute Gasteiger partial charge is 0.325 e. The normalized spacial score (nSPS) is 11.9. The maximum absolute atomic E-state index is 12.8. The van der Waals surface area contributed by atoms with E-state index >= 15 is 0 Å². The number of nitrogens with zero attached hydrogens (tertiary/aromatic N) is 1. The van der Waals surface area contributed by atoms with Crippen LogP contribution in [0.1, 0.15) is 17.3 Å². The van der Waals surface area contributed by atoms with E-state index in [0.29, 0.717) is 0 Å². The van der Waals surface area contributed by atoms with Gasteiger partial charge in [-0.25, -0.2) is 9.37 Å². The summed E-state index contributed by atoms with van der Waals surface area (Å²) in [5.74, 6) is -2.71. The van der Waals surface area contributed by atoms with Crippen molar-refractivity contribution in [3.05, 3.63) is 28.8 Å². The van der Waals surface area contributed by atoms with Crippen molar-refractivity contribution in [1.82, 2.24) is 10.3 Å². The molecule has 0 fully saturated rings. The van der Waals surface area contributed by atoms with Gasteiger partial charge in [0.1, 0.15) is 17.0 Å². The van der Waals surface area contributed by atoms with Crippen molar-refractivity contribution in [3.8, 4) is 0 Å². The molecule has 0 unspecified atom stereocenters. The highest BCUT2D eigenvalue weighted by Crippen LogP contribution is 2.13. The summed E-state index contributed by atoms with van der Waals surface area (Å²) in [6.45, 7) is 1.28.